The van der Waals surface area contributed by atoms with Crippen molar-refractivity contribution in [2.75, 3.05) is 6.54 Å². The average Bonchev–Trinajstić information content (AvgIpc) is 2.28. The molecule has 1 rings (SSSR count). The van der Waals surface area contributed by atoms with Gasteiger partial charge >= 0.3 is 0 Å². The van der Waals surface area contributed by atoms with Crippen molar-refractivity contribution < 1.29 is 14.1 Å². The quantitative estimate of drug-likeness (QED) is 0.602. The van der Waals surface area contributed by atoms with Gasteiger partial charge < -0.3 is 11.1 Å². The van der Waals surface area contributed by atoms with Crippen LogP contribution in [0.25, 0.3) is 0 Å². The lowest BCUT2D eigenvalue weighted by molar-refractivity contribution is -0.385. The largest absolute Gasteiger partial charge is 0.348 e. The van der Waals surface area contributed by atoms with Crippen molar-refractivity contribution in [2.45, 2.75) is 13.0 Å². The molecule has 0 radical (unpaired) electrons. The van der Waals surface area contributed by atoms with E-state index in [9.17, 15) is 19.3 Å². The van der Waals surface area contributed by atoms with Gasteiger partial charge in [0.2, 0.25) is 0 Å². The van der Waals surface area contributed by atoms with Crippen molar-refractivity contribution in [1.82, 2.24) is 5.32 Å². The van der Waals surface area contributed by atoms with Gasteiger partial charge in [-0.15, -0.1) is 0 Å². The van der Waals surface area contributed by atoms with Gasteiger partial charge in [0.15, 0.2) is 0 Å². The number of nitrogens with two attached hydrogens (primary N) is 1. The summed E-state index contributed by atoms with van der Waals surface area (Å²) in [5, 5.41) is 13.1. The number of benzene rings is 1. The zero-order valence-electron chi connectivity index (χ0n) is 9.14. The molecular weight excluding hydrogens is 229 g/mol. The lowest BCUT2D eigenvalue weighted by Crippen LogP contribution is -2.38. The molecule has 92 valence electrons. The van der Waals surface area contributed by atoms with Gasteiger partial charge in [0.25, 0.3) is 11.6 Å². The number of carbonyl (C=O) groups excluding carboxylic acids is 1. The Labute approximate surface area is 96.8 Å². The fraction of sp³-hybridized carbons (Fsp3) is 0.300. The van der Waals surface area contributed by atoms with Crippen LogP contribution in [0.15, 0.2) is 18.2 Å². The van der Waals surface area contributed by atoms with Gasteiger partial charge in [0, 0.05) is 12.6 Å². The van der Waals surface area contributed by atoms with Crippen molar-refractivity contribution in [3.05, 3.63) is 39.7 Å². The molecule has 1 aromatic carbocycles. The minimum atomic E-state index is -0.800. The molecule has 0 bridgehead atoms. The maximum atomic E-state index is 12.8. The summed E-state index contributed by atoms with van der Waals surface area (Å²) in [4.78, 5) is 21.5. The molecule has 0 aromatic heterocycles. The third kappa shape index (κ3) is 3.22. The second-order valence-electron chi connectivity index (χ2n) is 3.53. The van der Waals surface area contributed by atoms with E-state index in [-0.39, 0.29) is 18.2 Å². The number of hydrogen-bond acceptors (Lipinski definition) is 4. The molecule has 0 saturated heterocycles. The smallest absolute Gasteiger partial charge is 0.285 e. The predicted molar refractivity (Wildman–Crippen MR) is 59.0 cm³/mol. The molecule has 0 saturated carbocycles. The van der Waals surface area contributed by atoms with E-state index in [1.165, 1.54) is 0 Å². The van der Waals surface area contributed by atoms with Crippen molar-refractivity contribution in [1.29, 1.82) is 0 Å². The summed E-state index contributed by atoms with van der Waals surface area (Å²) in [6.45, 7) is 1.87. The van der Waals surface area contributed by atoms with Crippen LogP contribution >= 0.6 is 0 Å². The summed E-state index contributed by atoms with van der Waals surface area (Å²) >= 11 is 0. The van der Waals surface area contributed by atoms with Crippen LogP contribution < -0.4 is 11.1 Å². The first-order valence-corrected chi connectivity index (χ1v) is 4.90. The third-order valence-corrected chi connectivity index (χ3v) is 2.13. The van der Waals surface area contributed by atoms with Gasteiger partial charge in [-0.1, -0.05) is 0 Å². The van der Waals surface area contributed by atoms with Crippen molar-refractivity contribution in [3.63, 3.8) is 0 Å². The van der Waals surface area contributed by atoms with Crippen LogP contribution in [0.1, 0.15) is 17.3 Å². The Balaban J connectivity index is 3.04. The Morgan fingerprint density at radius 3 is 2.82 bits per heavy atom. The molecule has 17 heavy (non-hydrogen) atoms. The number of carbonyl (C=O) groups is 1. The van der Waals surface area contributed by atoms with Gasteiger partial charge in [-0.3, -0.25) is 14.9 Å². The molecule has 7 heteroatoms. The first-order chi connectivity index (χ1) is 7.95. The summed E-state index contributed by atoms with van der Waals surface area (Å²) < 4.78 is 12.8. The molecule has 1 unspecified atom stereocenters. The second-order valence-corrected chi connectivity index (χ2v) is 3.53. The number of nitrogens with zero attached hydrogens (tertiary/aromatic N) is 1. The van der Waals surface area contributed by atoms with E-state index in [1.807, 2.05) is 0 Å². The van der Waals surface area contributed by atoms with Crippen molar-refractivity contribution in [3.8, 4) is 0 Å². The highest BCUT2D eigenvalue weighted by atomic mass is 19.1. The van der Waals surface area contributed by atoms with Crippen molar-refractivity contribution in [2.24, 2.45) is 5.73 Å². The lowest BCUT2D eigenvalue weighted by atomic mass is 10.1. The number of rotatable bonds is 4. The predicted octanol–water partition coefficient (Wildman–Crippen LogP) is 0.811. The molecule has 0 spiro atoms. The van der Waals surface area contributed by atoms with E-state index in [0.29, 0.717) is 6.07 Å². The van der Waals surface area contributed by atoms with E-state index in [4.69, 9.17) is 5.73 Å². The van der Waals surface area contributed by atoms with Crippen LogP contribution in [-0.4, -0.2) is 23.4 Å². The monoisotopic (exact) mass is 241 g/mol. The first kappa shape index (κ1) is 13.0. The Morgan fingerprint density at radius 1 is 1.65 bits per heavy atom. The van der Waals surface area contributed by atoms with E-state index in [1.54, 1.807) is 6.92 Å². The Hall–Kier alpha value is -2.02. The van der Waals surface area contributed by atoms with E-state index < -0.39 is 22.3 Å². The highest BCUT2D eigenvalue weighted by Crippen LogP contribution is 2.19. The van der Waals surface area contributed by atoms with Crippen molar-refractivity contribution >= 4 is 11.6 Å². The fourth-order valence-corrected chi connectivity index (χ4v) is 1.21. The number of hydrogen-bond donors (Lipinski definition) is 2. The zero-order valence-corrected chi connectivity index (χ0v) is 9.14. The van der Waals surface area contributed by atoms with Crippen LogP contribution in [0.4, 0.5) is 10.1 Å². The molecule has 1 amide bonds. The molecule has 0 aliphatic carbocycles. The summed E-state index contributed by atoms with van der Waals surface area (Å²) in [6, 6.07) is 2.47. The standard InChI is InChI=1S/C10H12FN3O3/c1-6(5-12)13-10(15)8-3-2-7(11)4-9(8)14(16)17/h2-4,6H,5,12H2,1H3,(H,13,15). The molecule has 0 aliphatic rings. The van der Waals surface area contributed by atoms with Gasteiger partial charge in [-0.2, -0.15) is 0 Å². The zero-order chi connectivity index (χ0) is 13.0. The summed E-state index contributed by atoms with van der Waals surface area (Å²) in [5.74, 6) is -1.41. The minimum absolute atomic E-state index is 0.184. The van der Waals surface area contributed by atoms with Gasteiger partial charge in [0.05, 0.1) is 11.0 Å². The van der Waals surface area contributed by atoms with Gasteiger partial charge in [0.1, 0.15) is 11.4 Å². The number of amides is 1. The fourth-order valence-electron chi connectivity index (χ4n) is 1.21. The Morgan fingerprint density at radius 2 is 2.29 bits per heavy atom. The Kier molecular flexibility index (Phi) is 4.11. The SMILES string of the molecule is CC(CN)NC(=O)c1ccc(F)cc1[N+](=O)[O-]. The van der Waals surface area contributed by atoms with E-state index in [2.05, 4.69) is 5.32 Å². The lowest BCUT2D eigenvalue weighted by Gasteiger charge is -2.11. The normalized spacial score (nSPS) is 11.9. The van der Waals surface area contributed by atoms with Crippen LogP contribution in [0, 0.1) is 15.9 Å². The maximum absolute atomic E-state index is 12.8. The van der Waals surface area contributed by atoms with Gasteiger partial charge in [-0.25, -0.2) is 4.39 Å². The van der Waals surface area contributed by atoms with E-state index in [0.717, 1.165) is 12.1 Å². The molecule has 6 nitrogen and oxygen atoms in total. The summed E-state index contributed by atoms with van der Waals surface area (Å²) in [7, 11) is 0. The number of nitro groups is 1. The molecule has 0 aliphatic heterocycles. The first-order valence-electron chi connectivity index (χ1n) is 4.90. The molecule has 0 fully saturated rings. The van der Waals surface area contributed by atoms with Gasteiger partial charge in [-0.05, 0) is 19.1 Å². The molecule has 1 atom stereocenters. The number of halogens is 1. The number of nitrogens with one attached hydrogen (secondary N) is 1. The molecule has 0 heterocycles. The second kappa shape index (κ2) is 5.35. The molecule has 3 N–H and O–H groups in total. The van der Waals surface area contributed by atoms with E-state index >= 15 is 0 Å². The Bertz CT molecular complexity index is 450. The summed E-state index contributed by atoms with van der Waals surface area (Å²) in [5.41, 5.74) is 4.56. The minimum Gasteiger partial charge on any atom is -0.348 e. The summed E-state index contributed by atoms with van der Waals surface area (Å²) in [6.07, 6.45) is 0. The highest BCUT2D eigenvalue weighted by Gasteiger charge is 2.21. The van der Waals surface area contributed by atoms with Crippen LogP contribution in [-0.2, 0) is 0 Å². The molecular formula is C10H12FN3O3. The van der Waals surface area contributed by atoms with Crippen LogP contribution in [0.5, 0.6) is 0 Å². The highest BCUT2D eigenvalue weighted by molar-refractivity contribution is 5.98. The topological polar surface area (TPSA) is 98.3 Å². The third-order valence-electron chi connectivity index (χ3n) is 2.13. The number of nitro benzene ring substituents is 1. The maximum Gasteiger partial charge on any atom is 0.285 e. The average molecular weight is 241 g/mol. The molecule has 1 aromatic rings. The van der Waals surface area contributed by atoms with Crippen LogP contribution in [0.3, 0.4) is 0 Å². The van der Waals surface area contributed by atoms with Crippen LogP contribution in [0.2, 0.25) is 0 Å².